The number of hydrogen-bond donors (Lipinski definition) is 1. The van der Waals surface area contributed by atoms with E-state index in [1.54, 1.807) is 0 Å². The molecule has 0 aliphatic rings. The minimum absolute atomic E-state index is 0.161. The Morgan fingerprint density at radius 1 is 0.719 bits per heavy atom. The molecule has 0 saturated heterocycles. The summed E-state index contributed by atoms with van der Waals surface area (Å²) in [5, 5.41) is 8.31. The lowest BCUT2D eigenvalue weighted by molar-refractivity contribution is 0.483. The molecule has 0 heterocycles. The van der Waals surface area contributed by atoms with E-state index in [1.807, 2.05) is 24.3 Å². The van der Waals surface area contributed by atoms with Crippen molar-refractivity contribution in [2.75, 3.05) is 18.5 Å². The molecule has 2 rings (SSSR count). The van der Waals surface area contributed by atoms with Gasteiger partial charge in [-0.2, -0.15) is 18.6 Å². The Labute approximate surface area is 193 Å². The molecule has 2 aromatic rings. The fourth-order valence-corrected chi connectivity index (χ4v) is 4.02. The molecule has 0 radical (unpaired) electrons. The van der Waals surface area contributed by atoms with Crippen LogP contribution < -0.4 is 4.90 Å². The van der Waals surface area contributed by atoms with Crippen molar-refractivity contribution >= 4 is 27.2 Å². The minimum Gasteiger partial charge on any atom is -0.375 e. The van der Waals surface area contributed by atoms with Crippen LogP contribution in [0, 0.1) is 0 Å². The Balaban J connectivity index is 1.68. The van der Waals surface area contributed by atoms with Gasteiger partial charge >= 0.3 is 0 Å². The predicted octanol–water partition coefficient (Wildman–Crippen LogP) is 7.71. The average Bonchev–Trinajstić information content (AvgIpc) is 2.79. The summed E-state index contributed by atoms with van der Waals surface area (Å²) < 4.78 is 31.2. The van der Waals surface area contributed by atoms with Crippen LogP contribution in [0.25, 0.3) is 0 Å². The molecule has 0 amide bonds. The summed E-state index contributed by atoms with van der Waals surface area (Å²) in [6.07, 6.45) is 13.4. The molecule has 0 bridgehead atoms. The van der Waals surface area contributed by atoms with Gasteiger partial charge in [0.25, 0.3) is 10.1 Å². The molecule has 0 aliphatic heterocycles. The van der Waals surface area contributed by atoms with Crippen LogP contribution in [0.15, 0.2) is 63.7 Å². The average molecular weight is 460 g/mol. The van der Waals surface area contributed by atoms with E-state index >= 15 is 0 Å². The van der Waals surface area contributed by atoms with Crippen molar-refractivity contribution in [3.8, 4) is 0 Å². The van der Waals surface area contributed by atoms with E-state index in [2.05, 4.69) is 29.1 Å². The second-order valence-electron chi connectivity index (χ2n) is 8.29. The molecule has 6 nitrogen and oxygen atoms in total. The van der Waals surface area contributed by atoms with Crippen LogP contribution in [0.1, 0.15) is 71.1 Å². The predicted molar refractivity (Wildman–Crippen MR) is 132 cm³/mol. The zero-order chi connectivity index (χ0) is 23.2. The quantitative estimate of drug-likeness (QED) is 0.168. The van der Waals surface area contributed by atoms with Gasteiger partial charge < -0.3 is 4.90 Å². The van der Waals surface area contributed by atoms with Crippen LogP contribution in [0.4, 0.5) is 17.1 Å². The van der Waals surface area contributed by atoms with Gasteiger partial charge in [-0.1, -0.05) is 64.7 Å². The number of anilines is 1. The minimum atomic E-state index is -4.19. The molecule has 0 aromatic heterocycles. The van der Waals surface area contributed by atoms with Crippen molar-refractivity contribution < 1.29 is 13.0 Å². The van der Waals surface area contributed by atoms with Crippen molar-refractivity contribution in [2.45, 2.75) is 76.0 Å². The molecule has 1 N–H and O–H groups in total. The first-order valence-corrected chi connectivity index (χ1v) is 13.1. The van der Waals surface area contributed by atoms with Gasteiger partial charge in [-0.15, -0.1) is 0 Å². The van der Waals surface area contributed by atoms with Crippen LogP contribution in [-0.4, -0.2) is 26.6 Å². The van der Waals surface area contributed by atoms with Crippen molar-refractivity contribution in [3.63, 3.8) is 0 Å². The van der Waals surface area contributed by atoms with Gasteiger partial charge in [0.05, 0.1) is 16.3 Å². The lowest BCUT2D eigenvalue weighted by atomic mass is 10.1. The summed E-state index contributed by atoms with van der Waals surface area (Å²) in [6.45, 7) is 3.30. The number of azo groups is 1. The highest BCUT2D eigenvalue weighted by Gasteiger charge is 2.08. The summed E-state index contributed by atoms with van der Waals surface area (Å²) in [4.78, 5) is 2.10. The van der Waals surface area contributed by atoms with Crippen LogP contribution >= 0.6 is 0 Å². The molecule has 0 spiro atoms. The third-order valence-electron chi connectivity index (χ3n) is 5.55. The Morgan fingerprint density at radius 2 is 1.16 bits per heavy atom. The largest absolute Gasteiger partial charge is 0.375 e. The van der Waals surface area contributed by atoms with Gasteiger partial charge in [-0.05, 0) is 55.0 Å². The van der Waals surface area contributed by atoms with Gasteiger partial charge in [0.15, 0.2) is 0 Å². The summed E-state index contributed by atoms with van der Waals surface area (Å²) >= 11 is 0. The van der Waals surface area contributed by atoms with Crippen molar-refractivity contribution in [1.82, 2.24) is 0 Å². The van der Waals surface area contributed by atoms with Gasteiger partial charge in [0.1, 0.15) is 0 Å². The highest BCUT2D eigenvalue weighted by molar-refractivity contribution is 7.85. The maximum absolute atomic E-state index is 11.1. The maximum atomic E-state index is 11.1. The number of benzene rings is 2. The van der Waals surface area contributed by atoms with Crippen molar-refractivity contribution in [2.24, 2.45) is 10.2 Å². The van der Waals surface area contributed by atoms with E-state index in [9.17, 15) is 8.42 Å². The highest BCUT2D eigenvalue weighted by atomic mass is 32.2. The van der Waals surface area contributed by atoms with E-state index in [-0.39, 0.29) is 4.90 Å². The Morgan fingerprint density at radius 3 is 1.62 bits per heavy atom. The van der Waals surface area contributed by atoms with Crippen molar-refractivity contribution in [1.29, 1.82) is 0 Å². The molecule has 0 unspecified atom stereocenters. The molecule has 0 fully saturated rings. The lowest BCUT2D eigenvalue weighted by Gasteiger charge is -2.19. The first kappa shape index (κ1) is 26.0. The second-order valence-corrected chi connectivity index (χ2v) is 9.71. The van der Waals surface area contributed by atoms with E-state index < -0.39 is 10.1 Å². The maximum Gasteiger partial charge on any atom is 0.294 e. The first-order chi connectivity index (χ1) is 15.4. The summed E-state index contributed by atoms with van der Waals surface area (Å²) in [5.41, 5.74) is 2.39. The third kappa shape index (κ3) is 9.92. The van der Waals surface area contributed by atoms with Gasteiger partial charge in [-0.3, -0.25) is 4.55 Å². The Hall–Kier alpha value is -2.25. The molecule has 7 heteroatoms. The summed E-state index contributed by atoms with van der Waals surface area (Å²) in [7, 11) is -2.08. The molecule has 176 valence electrons. The first-order valence-electron chi connectivity index (χ1n) is 11.7. The van der Waals surface area contributed by atoms with Crippen LogP contribution in [0.3, 0.4) is 0 Å². The molecule has 32 heavy (non-hydrogen) atoms. The molecule has 0 atom stereocenters. The summed E-state index contributed by atoms with van der Waals surface area (Å²) in [6, 6.07) is 13.5. The van der Waals surface area contributed by atoms with Crippen LogP contribution in [0.2, 0.25) is 0 Å². The molecular formula is C25H37N3O3S. The fourth-order valence-electron chi connectivity index (χ4n) is 3.54. The zero-order valence-corrected chi connectivity index (χ0v) is 20.2. The molecule has 0 aliphatic carbocycles. The van der Waals surface area contributed by atoms with E-state index in [0.29, 0.717) is 5.69 Å². The van der Waals surface area contributed by atoms with E-state index in [1.165, 1.54) is 88.5 Å². The second kappa shape index (κ2) is 14.0. The zero-order valence-electron chi connectivity index (χ0n) is 19.4. The topological polar surface area (TPSA) is 82.3 Å². The summed E-state index contributed by atoms with van der Waals surface area (Å²) in [5.74, 6) is 0. The molecule has 2 aromatic carbocycles. The lowest BCUT2D eigenvalue weighted by Crippen LogP contribution is -2.18. The number of hydrogen-bond acceptors (Lipinski definition) is 5. The standard InChI is InChI=1S/C25H37N3O3S/c1-3-4-5-6-7-8-9-10-11-12-21-28(2)24-17-13-22(14-18-24)26-27-23-15-19-25(20-16-23)32(29,30)31/h13-20H,3-12,21H2,1-2H3,(H,29,30,31). The molecule has 0 saturated carbocycles. The van der Waals surface area contributed by atoms with Crippen LogP contribution in [-0.2, 0) is 10.1 Å². The molecular weight excluding hydrogens is 422 g/mol. The SMILES string of the molecule is CCCCCCCCCCCCN(C)c1ccc(N=Nc2ccc(S(=O)(=O)O)cc2)cc1. The highest BCUT2D eigenvalue weighted by Crippen LogP contribution is 2.23. The number of nitrogens with zero attached hydrogens (tertiary/aromatic N) is 3. The Bertz CT molecular complexity index is 910. The third-order valence-corrected chi connectivity index (χ3v) is 6.42. The smallest absolute Gasteiger partial charge is 0.294 e. The van der Waals surface area contributed by atoms with Crippen molar-refractivity contribution in [3.05, 3.63) is 48.5 Å². The Kier molecular flexibility index (Phi) is 11.4. The van der Waals surface area contributed by atoms with Gasteiger partial charge in [0, 0.05) is 19.3 Å². The fraction of sp³-hybridized carbons (Fsp3) is 0.520. The normalized spacial score (nSPS) is 11.8. The van der Waals surface area contributed by atoms with Crippen LogP contribution in [0.5, 0.6) is 0 Å². The van der Waals surface area contributed by atoms with E-state index in [0.717, 1.165) is 17.9 Å². The van der Waals surface area contributed by atoms with Gasteiger partial charge in [0.2, 0.25) is 0 Å². The number of rotatable bonds is 15. The number of unbranched alkanes of at least 4 members (excludes halogenated alkanes) is 9. The van der Waals surface area contributed by atoms with Gasteiger partial charge in [-0.25, -0.2) is 0 Å². The monoisotopic (exact) mass is 459 g/mol. The van der Waals surface area contributed by atoms with E-state index in [4.69, 9.17) is 4.55 Å².